The minimum absolute atomic E-state index is 0.00241. The van der Waals surface area contributed by atoms with Crippen LogP contribution in [0.3, 0.4) is 0 Å². The summed E-state index contributed by atoms with van der Waals surface area (Å²) in [7, 11) is 0. The molecule has 1 aliphatic rings. The van der Waals surface area contributed by atoms with E-state index in [0.717, 1.165) is 6.42 Å². The summed E-state index contributed by atoms with van der Waals surface area (Å²) in [5, 5.41) is 13.7. The van der Waals surface area contributed by atoms with Gasteiger partial charge in [-0.25, -0.2) is 0 Å². The van der Waals surface area contributed by atoms with E-state index in [1.54, 1.807) is 0 Å². The Morgan fingerprint density at radius 2 is 1.67 bits per heavy atom. The Bertz CT molecular complexity index is 352. The standard InChI is InChI=1S/C15H26N2O4/c18-13(9-8-12-5-1-2-6-12)17-11-14(19)16-10-4-3-7-15(20)21/h12H,1-11H2,(H,16,19)(H,17,18)(H,20,21). The average molecular weight is 298 g/mol. The van der Waals surface area contributed by atoms with Crippen molar-refractivity contribution in [2.75, 3.05) is 13.1 Å². The van der Waals surface area contributed by atoms with Crippen molar-refractivity contribution >= 4 is 17.8 Å². The molecule has 0 saturated heterocycles. The predicted molar refractivity (Wildman–Crippen MR) is 78.7 cm³/mol. The second-order valence-electron chi connectivity index (χ2n) is 5.67. The van der Waals surface area contributed by atoms with Crippen LogP contribution in [0.25, 0.3) is 0 Å². The Hall–Kier alpha value is -1.59. The average Bonchev–Trinajstić information content (AvgIpc) is 2.95. The summed E-state index contributed by atoms with van der Waals surface area (Å²) in [4.78, 5) is 33.4. The fraction of sp³-hybridized carbons (Fsp3) is 0.800. The van der Waals surface area contributed by atoms with Crippen molar-refractivity contribution in [1.29, 1.82) is 0 Å². The van der Waals surface area contributed by atoms with Crippen molar-refractivity contribution in [1.82, 2.24) is 10.6 Å². The lowest BCUT2D eigenvalue weighted by Crippen LogP contribution is -2.37. The van der Waals surface area contributed by atoms with Gasteiger partial charge in [-0.05, 0) is 25.2 Å². The summed E-state index contributed by atoms with van der Waals surface area (Å²) in [5.41, 5.74) is 0. The number of carboxylic acid groups (broad SMARTS) is 1. The molecule has 0 bridgehead atoms. The molecule has 0 spiro atoms. The van der Waals surface area contributed by atoms with Crippen molar-refractivity contribution in [3.63, 3.8) is 0 Å². The minimum atomic E-state index is -0.823. The fourth-order valence-electron chi connectivity index (χ4n) is 2.59. The molecule has 0 aromatic rings. The molecule has 0 aromatic carbocycles. The van der Waals surface area contributed by atoms with Crippen LogP contribution in [-0.4, -0.2) is 36.0 Å². The van der Waals surface area contributed by atoms with Crippen LogP contribution < -0.4 is 10.6 Å². The molecule has 0 heterocycles. The van der Waals surface area contributed by atoms with Crippen molar-refractivity contribution in [3.8, 4) is 0 Å². The van der Waals surface area contributed by atoms with Crippen LogP contribution in [0.5, 0.6) is 0 Å². The van der Waals surface area contributed by atoms with Gasteiger partial charge in [0.2, 0.25) is 11.8 Å². The molecule has 120 valence electrons. The highest BCUT2D eigenvalue weighted by molar-refractivity contribution is 5.84. The van der Waals surface area contributed by atoms with Gasteiger partial charge in [-0.15, -0.1) is 0 Å². The summed E-state index contributed by atoms with van der Waals surface area (Å²) in [6.45, 7) is 0.451. The van der Waals surface area contributed by atoms with Crippen molar-refractivity contribution in [2.24, 2.45) is 5.92 Å². The van der Waals surface area contributed by atoms with Gasteiger partial charge in [0, 0.05) is 19.4 Å². The highest BCUT2D eigenvalue weighted by Gasteiger charge is 2.16. The molecule has 0 aromatic heterocycles. The summed E-state index contributed by atoms with van der Waals surface area (Å²) in [5.74, 6) is -0.433. The van der Waals surface area contributed by atoms with Crippen LogP contribution >= 0.6 is 0 Å². The van der Waals surface area contributed by atoms with Gasteiger partial charge in [-0.3, -0.25) is 14.4 Å². The molecule has 1 aliphatic carbocycles. The number of rotatable bonds is 10. The SMILES string of the molecule is O=C(O)CCCCNC(=O)CNC(=O)CCC1CCCC1. The van der Waals surface area contributed by atoms with E-state index in [-0.39, 0.29) is 24.8 Å². The molecule has 3 N–H and O–H groups in total. The largest absolute Gasteiger partial charge is 0.481 e. The summed E-state index contributed by atoms with van der Waals surface area (Å²) < 4.78 is 0. The van der Waals surface area contributed by atoms with Crippen LogP contribution in [0.1, 0.15) is 57.8 Å². The summed E-state index contributed by atoms with van der Waals surface area (Å²) in [6.07, 6.45) is 7.71. The van der Waals surface area contributed by atoms with E-state index in [2.05, 4.69) is 10.6 Å². The first-order valence-corrected chi connectivity index (χ1v) is 7.83. The first-order valence-electron chi connectivity index (χ1n) is 7.83. The van der Waals surface area contributed by atoms with Gasteiger partial charge < -0.3 is 15.7 Å². The van der Waals surface area contributed by atoms with Crippen molar-refractivity contribution in [2.45, 2.75) is 57.8 Å². The first kappa shape index (κ1) is 17.5. The molecular formula is C15H26N2O4. The molecule has 21 heavy (non-hydrogen) atoms. The van der Waals surface area contributed by atoms with E-state index in [4.69, 9.17) is 5.11 Å². The third-order valence-corrected chi connectivity index (χ3v) is 3.84. The summed E-state index contributed by atoms with van der Waals surface area (Å²) in [6, 6.07) is 0. The van der Waals surface area contributed by atoms with Gasteiger partial charge in [0.25, 0.3) is 0 Å². The van der Waals surface area contributed by atoms with E-state index >= 15 is 0 Å². The zero-order valence-corrected chi connectivity index (χ0v) is 12.5. The van der Waals surface area contributed by atoms with E-state index < -0.39 is 5.97 Å². The van der Waals surface area contributed by atoms with Gasteiger partial charge in [0.05, 0.1) is 6.54 Å². The Morgan fingerprint density at radius 1 is 0.952 bits per heavy atom. The Kier molecular flexibility index (Phi) is 8.47. The molecule has 6 nitrogen and oxygen atoms in total. The molecule has 0 atom stereocenters. The molecule has 2 amide bonds. The van der Waals surface area contributed by atoms with Crippen LogP contribution in [0.4, 0.5) is 0 Å². The number of unbranched alkanes of at least 4 members (excludes halogenated alkanes) is 1. The number of hydrogen-bond acceptors (Lipinski definition) is 3. The van der Waals surface area contributed by atoms with Gasteiger partial charge in [-0.1, -0.05) is 25.7 Å². The molecule has 0 unspecified atom stereocenters. The van der Waals surface area contributed by atoms with Crippen LogP contribution in [0.2, 0.25) is 0 Å². The molecule has 1 rings (SSSR count). The quantitative estimate of drug-likeness (QED) is 0.532. The normalized spacial score (nSPS) is 14.9. The van der Waals surface area contributed by atoms with E-state index in [1.165, 1.54) is 25.7 Å². The molecule has 1 saturated carbocycles. The molecule has 1 fully saturated rings. The third-order valence-electron chi connectivity index (χ3n) is 3.84. The zero-order valence-electron chi connectivity index (χ0n) is 12.5. The summed E-state index contributed by atoms with van der Waals surface area (Å²) >= 11 is 0. The Balaban J connectivity index is 1.96. The van der Waals surface area contributed by atoms with Crippen molar-refractivity contribution in [3.05, 3.63) is 0 Å². The highest BCUT2D eigenvalue weighted by Crippen LogP contribution is 2.28. The second kappa shape index (κ2) is 10.2. The Labute approximate surface area is 125 Å². The monoisotopic (exact) mass is 298 g/mol. The van der Waals surface area contributed by atoms with E-state index in [0.29, 0.717) is 31.7 Å². The highest BCUT2D eigenvalue weighted by atomic mass is 16.4. The number of amides is 2. The van der Waals surface area contributed by atoms with Crippen LogP contribution in [-0.2, 0) is 14.4 Å². The maximum atomic E-state index is 11.6. The number of carboxylic acids is 1. The number of aliphatic carboxylic acids is 1. The molecule has 0 aliphatic heterocycles. The second-order valence-corrected chi connectivity index (χ2v) is 5.67. The number of nitrogens with one attached hydrogen (secondary N) is 2. The van der Waals surface area contributed by atoms with Gasteiger partial charge >= 0.3 is 5.97 Å². The maximum Gasteiger partial charge on any atom is 0.303 e. The fourth-order valence-corrected chi connectivity index (χ4v) is 2.59. The maximum absolute atomic E-state index is 11.6. The topological polar surface area (TPSA) is 95.5 Å². The predicted octanol–water partition coefficient (Wildman–Crippen LogP) is 1.44. The third kappa shape index (κ3) is 9.05. The lowest BCUT2D eigenvalue weighted by molar-refractivity contribution is -0.137. The first-order chi connectivity index (χ1) is 10.1. The molecule has 0 radical (unpaired) electrons. The van der Waals surface area contributed by atoms with Crippen LogP contribution in [0.15, 0.2) is 0 Å². The number of carbonyl (C=O) groups excluding carboxylic acids is 2. The molecular weight excluding hydrogens is 272 g/mol. The van der Waals surface area contributed by atoms with E-state index in [9.17, 15) is 14.4 Å². The zero-order chi connectivity index (χ0) is 15.5. The Morgan fingerprint density at radius 3 is 2.33 bits per heavy atom. The van der Waals surface area contributed by atoms with Gasteiger partial charge in [-0.2, -0.15) is 0 Å². The minimum Gasteiger partial charge on any atom is -0.481 e. The van der Waals surface area contributed by atoms with Crippen molar-refractivity contribution < 1.29 is 19.5 Å². The number of carbonyl (C=O) groups is 3. The lowest BCUT2D eigenvalue weighted by atomic mass is 10.0. The van der Waals surface area contributed by atoms with E-state index in [1.807, 2.05) is 0 Å². The number of hydrogen-bond donors (Lipinski definition) is 3. The van der Waals surface area contributed by atoms with Gasteiger partial charge in [0.15, 0.2) is 0 Å². The van der Waals surface area contributed by atoms with Crippen LogP contribution in [0, 0.1) is 5.92 Å². The van der Waals surface area contributed by atoms with Gasteiger partial charge in [0.1, 0.15) is 0 Å². The lowest BCUT2D eigenvalue weighted by Gasteiger charge is -2.09. The molecule has 6 heteroatoms. The smallest absolute Gasteiger partial charge is 0.303 e.